The second kappa shape index (κ2) is 3.13. The number of benzene rings is 1. The minimum atomic E-state index is 0.0319. The number of rotatable bonds is 0. The maximum absolute atomic E-state index is 13.6. The lowest BCUT2D eigenvalue weighted by Gasteiger charge is -2.22. The van der Waals surface area contributed by atoms with E-state index < -0.39 is 0 Å². The molecule has 0 saturated carbocycles. The van der Waals surface area contributed by atoms with Crippen molar-refractivity contribution in [2.75, 3.05) is 0 Å². The molecule has 13 heavy (non-hydrogen) atoms. The Kier molecular flexibility index (Phi) is 2.10. The van der Waals surface area contributed by atoms with Gasteiger partial charge in [0.05, 0.1) is 0 Å². The Morgan fingerprint density at radius 2 is 2.15 bits per heavy atom. The molecule has 1 atom stereocenters. The summed E-state index contributed by atoms with van der Waals surface area (Å²) in [6.45, 7) is 4.08. The van der Waals surface area contributed by atoms with Crippen molar-refractivity contribution in [3.05, 3.63) is 34.6 Å². The normalized spacial score (nSPS) is 21.3. The van der Waals surface area contributed by atoms with Crippen LogP contribution in [0.15, 0.2) is 12.1 Å². The molecule has 1 aliphatic rings. The van der Waals surface area contributed by atoms with Crippen LogP contribution >= 0.6 is 0 Å². The standard InChI is InChI=1S/C12H15F/c1-8-3-6-11-10(7-8)5-4-9(2)12(11)13/h4-5,8H,3,6-7H2,1-2H3. The SMILES string of the molecule is Cc1ccc2c(c1F)CCC(C)C2. The highest BCUT2D eigenvalue weighted by Crippen LogP contribution is 2.28. The van der Waals surface area contributed by atoms with Gasteiger partial charge < -0.3 is 0 Å². The first-order valence-electron chi connectivity index (χ1n) is 4.95. The monoisotopic (exact) mass is 178 g/mol. The summed E-state index contributed by atoms with van der Waals surface area (Å²) >= 11 is 0. The molecule has 1 heteroatoms. The summed E-state index contributed by atoms with van der Waals surface area (Å²) in [7, 11) is 0. The lowest BCUT2D eigenvalue weighted by atomic mass is 9.84. The average Bonchev–Trinajstić information content (AvgIpc) is 2.12. The van der Waals surface area contributed by atoms with E-state index in [1.165, 1.54) is 5.56 Å². The molecule has 0 fully saturated rings. The van der Waals surface area contributed by atoms with Crippen LogP contribution in [0, 0.1) is 18.7 Å². The fourth-order valence-electron chi connectivity index (χ4n) is 2.11. The first kappa shape index (κ1) is 8.74. The third-order valence-corrected chi connectivity index (χ3v) is 2.99. The summed E-state index contributed by atoms with van der Waals surface area (Å²) in [5, 5.41) is 0. The Morgan fingerprint density at radius 3 is 2.92 bits per heavy atom. The molecule has 0 amide bonds. The molecule has 0 spiro atoms. The van der Waals surface area contributed by atoms with E-state index in [9.17, 15) is 4.39 Å². The summed E-state index contributed by atoms with van der Waals surface area (Å²) < 4.78 is 13.6. The predicted molar refractivity (Wildman–Crippen MR) is 52.3 cm³/mol. The Morgan fingerprint density at radius 1 is 1.38 bits per heavy atom. The molecule has 0 radical (unpaired) electrons. The van der Waals surface area contributed by atoms with Crippen molar-refractivity contribution >= 4 is 0 Å². The quantitative estimate of drug-likeness (QED) is 0.572. The molecule has 2 rings (SSSR count). The van der Waals surface area contributed by atoms with Gasteiger partial charge in [0, 0.05) is 0 Å². The van der Waals surface area contributed by atoms with Crippen LogP contribution < -0.4 is 0 Å². The van der Waals surface area contributed by atoms with Crippen molar-refractivity contribution in [2.24, 2.45) is 5.92 Å². The van der Waals surface area contributed by atoms with Crippen LogP contribution in [0.3, 0.4) is 0 Å². The second-order valence-corrected chi connectivity index (χ2v) is 4.18. The topological polar surface area (TPSA) is 0 Å². The summed E-state index contributed by atoms with van der Waals surface area (Å²) in [6.07, 6.45) is 3.10. The molecule has 0 saturated heterocycles. The predicted octanol–water partition coefficient (Wildman–Crippen LogP) is 3.26. The maximum atomic E-state index is 13.6. The lowest BCUT2D eigenvalue weighted by molar-refractivity contribution is 0.480. The third-order valence-electron chi connectivity index (χ3n) is 2.99. The van der Waals surface area contributed by atoms with Crippen LogP contribution in [0.2, 0.25) is 0 Å². The van der Waals surface area contributed by atoms with E-state index in [2.05, 4.69) is 13.0 Å². The molecule has 0 N–H and O–H groups in total. The molecular weight excluding hydrogens is 163 g/mol. The van der Waals surface area contributed by atoms with Crippen LogP contribution in [0.25, 0.3) is 0 Å². The number of halogens is 1. The molecule has 0 nitrogen and oxygen atoms in total. The highest BCUT2D eigenvalue weighted by Gasteiger charge is 2.18. The van der Waals surface area contributed by atoms with Crippen LogP contribution in [-0.4, -0.2) is 0 Å². The van der Waals surface area contributed by atoms with Gasteiger partial charge >= 0.3 is 0 Å². The first-order chi connectivity index (χ1) is 6.18. The van der Waals surface area contributed by atoms with Gasteiger partial charge in [-0.15, -0.1) is 0 Å². The summed E-state index contributed by atoms with van der Waals surface area (Å²) in [6, 6.07) is 3.98. The molecule has 0 heterocycles. The van der Waals surface area contributed by atoms with E-state index in [1.54, 1.807) is 0 Å². The van der Waals surface area contributed by atoms with Gasteiger partial charge in [-0.3, -0.25) is 0 Å². The van der Waals surface area contributed by atoms with Crippen molar-refractivity contribution in [3.63, 3.8) is 0 Å². The largest absolute Gasteiger partial charge is 0.206 e. The third kappa shape index (κ3) is 1.48. The van der Waals surface area contributed by atoms with Gasteiger partial charge in [0.2, 0.25) is 0 Å². The Balaban J connectivity index is 2.47. The van der Waals surface area contributed by atoms with E-state index in [0.29, 0.717) is 0 Å². The Hall–Kier alpha value is -0.850. The molecule has 70 valence electrons. The van der Waals surface area contributed by atoms with Gasteiger partial charge in [0.1, 0.15) is 5.82 Å². The molecule has 0 bridgehead atoms. The molecule has 1 aliphatic carbocycles. The summed E-state index contributed by atoms with van der Waals surface area (Å²) in [5.41, 5.74) is 2.98. The smallest absolute Gasteiger partial charge is 0.129 e. The summed E-state index contributed by atoms with van der Waals surface area (Å²) in [5.74, 6) is 0.749. The summed E-state index contributed by atoms with van der Waals surface area (Å²) in [4.78, 5) is 0. The molecule has 1 aromatic rings. The highest BCUT2D eigenvalue weighted by molar-refractivity contribution is 5.35. The van der Waals surface area contributed by atoms with Crippen molar-refractivity contribution in [1.29, 1.82) is 0 Å². The molecule has 1 aromatic carbocycles. The fraction of sp³-hybridized carbons (Fsp3) is 0.500. The number of hydrogen-bond acceptors (Lipinski definition) is 0. The van der Waals surface area contributed by atoms with Gasteiger partial charge in [-0.2, -0.15) is 0 Å². The number of aryl methyl sites for hydroxylation is 1. The number of hydrogen-bond donors (Lipinski definition) is 0. The van der Waals surface area contributed by atoms with Gasteiger partial charge in [-0.1, -0.05) is 19.1 Å². The van der Waals surface area contributed by atoms with Gasteiger partial charge in [-0.25, -0.2) is 4.39 Å². The minimum absolute atomic E-state index is 0.0319. The van der Waals surface area contributed by atoms with E-state index in [4.69, 9.17) is 0 Å². The van der Waals surface area contributed by atoms with Crippen LogP contribution in [0.5, 0.6) is 0 Å². The Bertz CT molecular complexity index is 328. The Labute approximate surface area is 78.8 Å². The van der Waals surface area contributed by atoms with E-state index in [-0.39, 0.29) is 5.82 Å². The van der Waals surface area contributed by atoms with Crippen molar-refractivity contribution in [3.8, 4) is 0 Å². The molecular formula is C12H15F. The number of fused-ring (bicyclic) bond motifs is 1. The zero-order valence-electron chi connectivity index (χ0n) is 8.23. The second-order valence-electron chi connectivity index (χ2n) is 4.18. The van der Waals surface area contributed by atoms with Gasteiger partial charge in [-0.05, 0) is 48.8 Å². The minimum Gasteiger partial charge on any atom is -0.206 e. The van der Waals surface area contributed by atoms with Gasteiger partial charge in [0.15, 0.2) is 0 Å². The molecule has 0 aromatic heterocycles. The van der Waals surface area contributed by atoms with Gasteiger partial charge in [0.25, 0.3) is 0 Å². The van der Waals surface area contributed by atoms with Crippen LogP contribution in [0.1, 0.15) is 30.0 Å². The maximum Gasteiger partial charge on any atom is 0.129 e. The van der Waals surface area contributed by atoms with Crippen molar-refractivity contribution in [2.45, 2.75) is 33.1 Å². The zero-order valence-corrected chi connectivity index (χ0v) is 8.23. The van der Waals surface area contributed by atoms with Crippen LogP contribution in [-0.2, 0) is 12.8 Å². The highest BCUT2D eigenvalue weighted by atomic mass is 19.1. The molecule has 0 aliphatic heterocycles. The lowest BCUT2D eigenvalue weighted by Crippen LogP contribution is -2.13. The first-order valence-corrected chi connectivity index (χ1v) is 4.95. The average molecular weight is 178 g/mol. The van der Waals surface area contributed by atoms with E-state index >= 15 is 0 Å². The zero-order chi connectivity index (χ0) is 9.42. The molecule has 1 unspecified atom stereocenters. The van der Waals surface area contributed by atoms with E-state index in [0.717, 1.165) is 36.3 Å². The van der Waals surface area contributed by atoms with Crippen LogP contribution in [0.4, 0.5) is 4.39 Å². The fourth-order valence-corrected chi connectivity index (χ4v) is 2.11. The van der Waals surface area contributed by atoms with E-state index in [1.807, 2.05) is 13.0 Å². The van der Waals surface area contributed by atoms with Crippen molar-refractivity contribution < 1.29 is 4.39 Å². The van der Waals surface area contributed by atoms with Crippen molar-refractivity contribution in [1.82, 2.24) is 0 Å².